The Morgan fingerprint density at radius 1 is 0.906 bits per heavy atom. The molecule has 4 nitrogen and oxygen atoms in total. The Labute approximate surface area is 199 Å². The summed E-state index contributed by atoms with van der Waals surface area (Å²) in [5, 5.41) is 3.70. The zero-order valence-electron chi connectivity index (χ0n) is 18.1. The largest absolute Gasteiger partial charge is 0.356 e. The molecule has 0 saturated carbocycles. The maximum Gasteiger partial charge on any atom is 0.260 e. The van der Waals surface area contributed by atoms with Crippen molar-refractivity contribution in [3.05, 3.63) is 99.5 Å². The maximum atomic E-state index is 13.5. The number of nitrogens with one attached hydrogen (secondary N) is 1. The van der Waals surface area contributed by atoms with Crippen LogP contribution in [-0.4, -0.2) is 18.4 Å². The van der Waals surface area contributed by atoms with Crippen molar-refractivity contribution in [3.63, 3.8) is 0 Å². The van der Waals surface area contributed by atoms with Gasteiger partial charge in [0.25, 0.3) is 5.91 Å². The van der Waals surface area contributed by atoms with Crippen LogP contribution in [0.15, 0.2) is 72.8 Å². The van der Waals surface area contributed by atoms with Crippen LogP contribution in [0.25, 0.3) is 0 Å². The Morgan fingerprint density at radius 3 is 2.31 bits per heavy atom. The molecule has 0 saturated heterocycles. The Bertz CT molecular complexity index is 1080. The lowest BCUT2D eigenvalue weighted by atomic mass is 10.1. The van der Waals surface area contributed by atoms with Crippen LogP contribution in [-0.2, 0) is 17.8 Å². The number of nitrogens with zero attached hydrogens (tertiary/aromatic N) is 1. The molecule has 0 spiro atoms. The highest BCUT2D eigenvalue weighted by molar-refractivity contribution is 6.37. The average Bonchev–Trinajstić information content (AvgIpc) is 2.76. The minimum atomic E-state index is -0.239. The summed E-state index contributed by atoms with van der Waals surface area (Å²) in [6.07, 6.45) is 0.246. The maximum absolute atomic E-state index is 13.5. The summed E-state index contributed by atoms with van der Waals surface area (Å²) < 4.78 is 0. The summed E-state index contributed by atoms with van der Waals surface area (Å²) in [6, 6.07) is 22.1. The number of carbonyl (C=O) groups is 2. The number of hydrogen-bond acceptors (Lipinski definition) is 2. The molecule has 3 aromatic carbocycles. The summed E-state index contributed by atoms with van der Waals surface area (Å²) in [6.45, 7) is 5.10. The van der Waals surface area contributed by atoms with Crippen LogP contribution in [0, 0.1) is 5.92 Å². The van der Waals surface area contributed by atoms with E-state index in [4.69, 9.17) is 23.2 Å². The first-order chi connectivity index (χ1) is 15.3. The zero-order chi connectivity index (χ0) is 23.1. The molecular weight excluding hydrogens is 443 g/mol. The third kappa shape index (κ3) is 6.59. The summed E-state index contributed by atoms with van der Waals surface area (Å²) in [4.78, 5) is 27.5. The molecule has 6 heteroatoms. The van der Waals surface area contributed by atoms with Gasteiger partial charge in [-0.2, -0.15) is 0 Å². The molecule has 0 aromatic heterocycles. The minimum Gasteiger partial charge on any atom is -0.356 e. The molecule has 1 N–H and O–H groups in total. The van der Waals surface area contributed by atoms with E-state index < -0.39 is 0 Å². The minimum absolute atomic E-state index is 0.0440. The molecule has 2 amide bonds. The molecule has 3 aromatic rings. The van der Waals surface area contributed by atoms with Crippen molar-refractivity contribution in [2.75, 3.05) is 11.4 Å². The molecule has 0 bridgehead atoms. The van der Waals surface area contributed by atoms with Crippen LogP contribution < -0.4 is 10.2 Å². The van der Waals surface area contributed by atoms with Gasteiger partial charge >= 0.3 is 0 Å². The number of carbonyl (C=O) groups excluding carboxylic acids is 2. The van der Waals surface area contributed by atoms with E-state index in [1.165, 1.54) is 0 Å². The Balaban J connectivity index is 1.91. The van der Waals surface area contributed by atoms with Crippen LogP contribution >= 0.6 is 23.2 Å². The highest BCUT2D eigenvalue weighted by Gasteiger charge is 2.21. The molecular formula is C26H26Cl2N2O2. The highest BCUT2D eigenvalue weighted by Crippen LogP contribution is 2.27. The summed E-state index contributed by atoms with van der Waals surface area (Å²) in [5.41, 5.74) is 2.87. The second kappa shape index (κ2) is 11.2. The molecule has 0 aliphatic carbocycles. The second-order valence-corrected chi connectivity index (χ2v) is 8.89. The average molecular weight is 469 g/mol. The molecule has 32 heavy (non-hydrogen) atoms. The van der Waals surface area contributed by atoms with Crippen molar-refractivity contribution in [2.45, 2.75) is 26.8 Å². The fraction of sp³-hybridized carbons (Fsp3) is 0.231. The molecule has 3 rings (SSSR count). The van der Waals surface area contributed by atoms with Crippen molar-refractivity contribution in [1.29, 1.82) is 0 Å². The van der Waals surface area contributed by atoms with Gasteiger partial charge in [-0.15, -0.1) is 0 Å². The Morgan fingerprint density at radius 2 is 1.62 bits per heavy atom. The molecule has 0 radical (unpaired) electrons. The lowest BCUT2D eigenvalue weighted by Crippen LogP contribution is -2.31. The molecule has 0 heterocycles. The first kappa shape index (κ1) is 23.8. The second-order valence-electron chi connectivity index (χ2n) is 8.05. The lowest BCUT2D eigenvalue weighted by Gasteiger charge is -2.24. The number of anilines is 1. The van der Waals surface area contributed by atoms with Crippen molar-refractivity contribution >= 4 is 40.7 Å². The van der Waals surface area contributed by atoms with Crippen LogP contribution in [0.5, 0.6) is 0 Å². The van der Waals surface area contributed by atoms with Crippen LogP contribution in [0.3, 0.4) is 0 Å². The Kier molecular flexibility index (Phi) is 8.32. The number of hydrogen-bond donors (Lipinski definition) is 1. The molecule has 0 aliphatic rings. The highest BCUT2D eigenvalue weighted by atomic mass is 35.5. The SMILES string of the molecule is CC(C)CNC(=O)Cc1cccc(N(Cc2ccccc2)C(=O)c2ccc(Cl)cc2Cl)c1. The van der Waals surface area contributed by atoms with Gasteiger partial charge in [0, 0.05) is 17.3 Å². The van der Waals surface area contributed by atoms with Gasteiger partial charge in [0.2, 0.25) is 5.91 Å². The molecule has 0 aliphatic heterocycles. The number of halogens is 2. The van der Waals surface area contributed by atoms with Crippen molar-refractivity contribution in [3.8, 4) is 0 Å². The molecule has 0 fully saturated rings. The third-order valence-electron chi connectivity index (χ3n) is 4.88. The van der Waals surface area contributed by atoms with Gasteiger partial charge in [0.15, 0.2) is 0 Å². The smallest absolute Gasteiger partial charge is 0.260 e. The summed E-state index contributed by atoms with van der Waals surface area (Å²) in [5.74, 6) is 0.0999. The van der Waals surface area contributed by atoms with E-state index in [2.05, 4.69) is 19.2 Å². The van der Waals surface area contributed by atoms with Gasteiger partial charge in [0.05, 0.1) is 23.6 Å². The summed E-state index contributed by atoms with van der Waals surface area (Å²) >= 11 is 12.3. The monoisotopic (exact) mass is 468 g/mol. The normalized spacial score (nSPS) is 10.8. The van der Waals surface area contributed by atoms with Gasteiger partial charge < -0.3 is 10.2 Å². The van der Waals surface area contributed by atoms with E-state index in [1.807, 2.05) is 54.6 Å². The van der Waals surface area contributed by atoms with Crippen molar-refractivity contribution in [2.24, 2.45) is 5.92 Å². The number of benzene rings is 3. The molecule has 0 atom stereocenters. The first-order valence-corrected chi connectivity index (χ1v) is 11.3. The van der Waals surface area contributed by atoms with E-state index >= 15 is 0 Å². The van der Waals surface area contributed by atoms with Crippen LogP contribution in [0.4, 0.5) is 5.69 Å². The van der Waals surface area contributed by atoms with Gasteiger partial charge in [-0.1, -0.05) is 79.5 Å². The zero-order valence-corrected chi connectivity index (χ0v) is 19.7. The summed E-state index contributed by atoms with van der Waals surface area (Å²) in [7, 11) is 0. The third-order valence-corrected chi connectivity index (χ3v) is 5.43. The van der Waals surface area contributed by atoms with Crippen LogP contribution in [0.1, 0.15) is 35.3 Å². The Hall–Kier alpha value is -2.82. The van der Waals surface area contributed by atoms with E-state index in [0.29, 0.717) is 40.3 Å². The van der Waals surface area contributed by atoms with Crippen LogP contribution in [0.2, 0.25) is 10.0 Å². The first-order valence-electron chi connectivity index (χ1n) is 10.5. The number of rotatable bonds is 8. The topological polar surface area (TPSA) is 49.4 Å². The van der Waals surface area contributed by atoms with E-state index in [0.717, 1.165) is 11.1 Å². The fourth-order valence-electron chi connectivity index (χ4n) is 3.25. The van der Waals surface area contributed by atoms with E-state index in [1.54, 1.807) is 23.1 Å². The van der Waals surface area contributed by atoms with Gasteiger partial charge in [0.1, 0.15) is 0 Å². The van der Waals surface area contributed by atoms with Crippen molar-refractivity contribution in [1.82, 2.24) is 5.32 Å². The van der Waals surface area contributed by atoms with E-state index in [9.17, 15) is 9.59 Å². The van der Waals surface area contributed by atoms with Gasteiger partial charge in [-0.05, 0) is 47.4 Å². The lowest BCUT2D eigenvalue weighted by molar-refractivity contribution is -0.120. The van der Waals surface area contributed by atoms with Crippen molar-refractivity contribution < 1.29 is 9.59 Å². The van der Waals surface area contributed by atoms with E-state index in [-0.39, 0.29) is 18.2 Å². The van der Waals surface area contributed by atoms with Gasteiger partial charge in [-0.3, -0.25) is 9.59 Å². The van der Waals surface area contributed by atoms with Gasteiger partial charge in [-0.25, -0.2) is 0 Å². The predicted molar refractivity (Wildman–Crippen MR) is 131 cm³/mol. The standard InChI is InChI=1S/C26H26Cl2N2O2/c1-18(2)16-29-25(31)14-20-9-6-10-22(13-20)30(17-19-7-4-3-5-8-19)26(32)23-12-11-21(27)15-24(23)28/h3-13,15,18H,14,16-17H2,1-2H3,(H,29,31). The fourth-order valence-corrected chi connectivity index (χ4v) is 3.74. The quantitative estimate of drug-likeness (QED) is 0.430. The molecule has 166 valence electrons. The predicted octanol–water partition coefficient (Wildman–Crippen LogP) is 6.16. The number of amides is 2. The molecule has 0 unspecified atom stereocenters.